The molecule has 5 heteroatoms. The van der Waals surface area contributed by atoms with E-state index >= 15 is 0 Å². The fourth-order valence-corrected chi connectivity index (χ4v) is 7.97. The van der Waals surface area contributed by atoms with Gasteiger partial charge in [0, 0.05) is 30.6 Å². The van der Waals surface area contributed by atoms with E-state index in [-0.39, 0.29) is 28.6 Å². The molecule has 5 nitrogen and oxygen atoms in total. The molecule has 2 heterocycles. The zero-order valence-corrected chi connectivity index (χ0v) is 19.0. The topological polar surface area (TPSA) is 62.3 Å². The lowest BCUT2D eigenvalue weighted by molar-refractivity contribution is -0.142. The van der Waals surface area contributed by atoms with Crippen molar-refractivity contribution in [3.8, 4) is 0 Å². The molecule has 2 amide bonds. The molecule has 5 rings (SSSR count). The summed E-state index contributed by atoms with van der Waals surface area (Å²) in [5, 5.41) is 3.18. The van der Waals surface area contributed by atoms with Crippen LogP contribution in [0, 0.1) is 34.5 Å². The van der Waals surface area contributed by atoms with E-state index in [1.54, 1.807) is 12.3 Å². The van der Waals surface area contributed by atoms with Gasteiger partial charge in [0.25, 0.3) is 0 Å². The van der Waals surface area contributed by atoms with Crippen LogP contribution in [-0.4, -0.2) is 34.8 Å². The quantitative estimate of drug-likeness (QED) is 0.804. The summed E-state index contributed by atoms with van der Waals surface area (Å²) in [5.74, 6) is 2.31. The lowest BCUT2D eigenvalue weighted by atomic mass is 9.47. The van der Waals surface area contributed by atoms with E-state index in [1.807, 2.05) is 30.1 Å². The van der Waals surface area contributed by atoms with Gasteiger partial charge in [-0.1, -0.05) is 26.0 Å². The van der Waals surface area contributed by atoms with Gasteiger partial charge in [0.15, 0.2) is 0 Å². The number of nitrogens with zero attached hydrogens (tertiary/aromatic N) is 2. The van der Waals surface area contributed by atoms with Crippen LogP contribution >= 0.6 is 0 Å². The maximum absolute atomic E-state index is 13.2. The molecule has 7 atom stereocenters. The number of nitrogens with one attached hydrogen (secondary N) is 1. The molecule has 3 aliphatic carbocycles. The van der Waals surface area contributed by atoms with Crippen molar-refractivity contribution in [1.82, 2.24) is 15.2 Å². The molecule has 3 saturated carbocycles. The van der Waals surface area contributed by atoms with Gasteiger partial charge in [0.1, 0.15) is 0 Å². The molecule has 3 fully saturated rings. The molecular weight excluding hydrogens is 386 g/mol. The van der Waals surface area contributed by atoms with E-state index in [9.17, 15) is 9.59 Å². The van der Waals surface area contributed by atoms with Crippen molar-refractivity contribution in [3.05, 3.63) is 42.2 Å². The van der Waals surface area contributed by atoms with E-state index in [0.717, 1.165) is 37.8 Å². The Labute approximate surface area is 185 Å². The first-order chi connectivity index (χ1) is 14.8. The summed E-state index contributed by atoms with van der Waals surface area (Å²) in [5.41, 5.74) is 1.05. The maximum Gasteiger partial charge on any atom is 0.246 e. The van der Waals surface area contributed by atoms with E-state index in [0.29, 0.717) is 30.3 Å². The highest BCUT2D eigenvalue weighted by Gasteiger charge is 2.61. The SMILES string of the molecule is CN1C(=O)C=C[C@]2(C)[C@H]3CC[C@]4(C)[C@@H](C(=O)NCc5ccccn5)CC[C@H]4[C@@H]3CC[C@@H]12. The molecule has 0 aromatic carbocycles. The van der Waals surface area contributed by atoms with Crippen molar-refractivity contribution in [2.75, 3.05) is 7.05 Å². The largest absolute Gasteiger partial charge is 0.350 e. The van der Waals surface area contributed by atoms with Crippen LogP contribution in [0.4, 0.5) is 0 Å². The molecule has 0 unspecified atom stereocenters. The number of rotatable bonds is 3. The van der Waals surface area contributed by atoms with Gasteiger partial charge < -0.3 is 10.2 Å². The average Bonchev–Trinajstić information content (AvgIpc) is 3.13. The van der Waals surface area contributed by atoms with E-state index in [4.69, 9.17) is 0 Å². The van der Waals surface area contributed by atoms with E-state index in [2.05, 4.69) is 30.2 Å². The molecule has 0 radical (unpaired) electrons. The summed E-state index contributed by atoms with van der Waals surface area (Å²) in [7, 11) is 1.97. The lowest BCUT2D eigenvalue weighted by Gasteiger charge is -2.60. The summed E-state index contributed by atoms with van der Waals surface area (Å²) in [6.45, 7) is 5.27. The van der Waals surface area contributed by atoms with Gasteiger partial charge in [0.05, 0.1) is 12.2 Å². The number of carbonyl (C=O) groups excluding carboxylic acids is 2. The summed E-state index contributed by atoms with van der Waals surface area (Å²) in [4.78, 5) is 31.8. The number of aromatic nitrogens is 1. The van der Waals surface area contributed by atoms with Gasteiger partial charge in [-0.3, -0.25) is 14.6 Å². The average molecular weight is 422 g/mol. The number of amides is 2. The Balaban J connectivity index is 1.33. The number of carbonyl (C=O) groups is 2. The van der Waals surface area contributed by atoms with Crippen LogP contribution in [0.15, 0.2) is 36.5 Å². The van der Waals surface area contributed by atoms with Crippen molar-refractivity contribution in [2.45, 2.75) is 65.0 Å². The zero-order valence-electron chi connectivity index (χ0n) is 19.0. The molecular formula is C26H35N3O2. The first kappa shape index (κ1) is 20.7. The zero-order chi connectivity index (χ0) is 21.8. The minimum atomic E-state index is 0.0617. The Hall–Kier alpha value is -2.17. The second-order valence-electron chi connectivity index (χ2n) is 10.8. The molecule has 1 aromatic heterocycles. The first-order valence-corrected chi connectivity index (χ1v) is 12.0. The molecule has 4 aliphatic rings. The summed E-state index contributed by atoms with van der Waals surface area (Å²) in [6, 6.07) is 6.14. The Kier molecular flexibility index (Phi) is 4.98. The van der Waals surface area contributed by atoms with Crippen LogP contribution in [-0.2, 0) is 16.1 Å². The molecule has 0 spiro atoms. The fourth-order valence-electron chi connectivity index (χ4n) is 7.97. The van der Waals surface area contributed by atoms with Crippen molar-refractivity contribution < 1.29 is 9.59 Å². The molecule has 0 bridgehead atoms. The lowest BCUT2D eigenvalue weighted by Crippen LogP contribution is -2.59. The Morgan fingerprint density at radius 1 is 1.16 bits per heavy atom. The van der Waals surface area contributed by atoms with Crippen molar-refractivity contribution in [3.63, 3.8) is 0 Å². The molecule has 1 aliphatic heterocycles. The first-order valence-electron chi connectivity index (χ1n) is 12.0. The van der Waals surface area contributed by atoms with Crippen LogP contribution < -0.4 is 5.32 Å². The predicted octanol–water partition coefficient (Wildman–Crippen LogP) is 3.95. The number of likely N-dealkylation sites (N-methyl/N-ethyl adjacent to an activating group) is 1. The third-order valence-electron chi connectivity index (χ3n) is 9.61. The highest BCUT2D eigenvalue weighted by Crippen LogP contribution is 2.65. The van der Waals surface area contributed by atoms with Crippen LogP contribution in [0.3, 0.4) is 0 Å². The second kappa shape index (κ2) is 7.46. The van der Waals surface area contributed by atoms with Crippen molar-refractivity contribution >= 4 is 11.8 Å². The highest BCUT2D eigenvalue weighted by atomic mass is 16.2. The Bertz CT molecular complexity index is 899. The fraction of sp³-hybridized carbons (Fsp3) is 0.654. The van der Waals surface area contributed by atoms with Crippen molar-refractivity contribution in [1.29, 1.82) is 0 Å². The monoisotopic (exact) mass is 421 g/mol. The normalized spacial score (nSPS) is 41.3. The smallest absolute Gasteiger partial charge is 0.246 e. The van der Waals surface area contributed by atoms with E-state index in [1.165, 1.54) is 6.42 Å². The molecule has 1 N–H and O–H groups in total. The van der Waals surface area contributed by atoms with Crippen LogP contribution in [0.2, 0.25) is 0 Å². The summed E-state index contributed by atoms with van der Waals surface area (Å²) < 4.78 is 0. The maximum atomic E-state index is 13.2. The predicted molar refractivity (Wildman–Crippen MR) is 120 cm³/mol. The highest BCUT2D eigenvalue weighted by molar-refractivity contribution is 5.89. The van der Waals surface area contributed by atoms with Gasteiger partial charge in [-0.2, -0.15) is 0 Å². The summed E-state index contributed by atoms with van der Waals surface area (Å²) in [6.07, 6.45) is 12.5. The number of hydrogen-bond acceptors (Lipinski definition) is 3. The Morgan fingerprint density at radius 3 is 2.77 bits per heavy atom. The van der Waals surface area contributed by atoms with Gasteiger partial charge in [-0.05, 0) is 79.9 Å². The van der Waals surface area contributed by atoms with E-state index < -0.39 is 0 Å². The van der Waals surface area contributed by atoms with Gasteiger partial charge >= 0.3 is 0 Å². The molecule has 0 saturated heterocycles. The van der Waals surface area contributed by atoms with Crippen LogP contribution in [0.1, 0.15) is 58.1 Å². The van der Waals surface area contributed by atoms with Gasteiger partial charge in [-0.25, -0.2) is 0 Å². The summed E-state index contributed by atoms with van der Waals surface area (Å²) >= 11 is 0. The molecule has 1 aromatic rings. The van der Waals surface area contributed by atoms with Crippen LogP contribution in [0.25, 0.3) is 0 Å². The number of pyridine rings is 1. The van der Waals surface area contributed by atoms with Gasteiger partial charge in [-0.15, -0.1) is 0 Å². The van der Waals surface area contributed by atoms with Crippen LogP contribution in [0.5, 0.6) is 0 Å². The minimum Gasteiger partial charge on any atom is -0.350 e. The molecule has 31 heavy (non-hydrogen) atoms. The molecule has 166 valence electrons. The third kappa shape index (κ3) is 3.15. The van der Waals surface area contributed by atoms with Gasteiger partial charge in [0.2, 0.25) is 11.8 Å². The minimum absolute atomic E-state index is 0.0617. The second-order valence-corrected chi connectivity index (χ2v) is 10.8. The van der Waals surface area contributed by atoms with Crippen molar-refractivity contribution in [2.24, 2.45) is 34.5 Å². The Morgan fingerprint density at radius 2 is 2.00 bits per heavy atom. The number of fused-ring (bicyclic) bond motifs is 5. The number of hydrogen-bond donors (Lipinski definition) is 1. The third-order valence-corrected chi connectivity index (χ3v) is 9.61. The standard InChI is InChI=1S/C26H35N3O2/c1-25-13-11-20-18(7-10-22-26(20,2)14-12-23(30)29(22)3)19(25)8-9-21(25)24(31)28-16-17-6-4-5-15-27-17/h4-6,12,14-15,18-22H,7-11,13,16H2,1-3H3,(H,28,31)/t18-,19-,20-,21+,22+,25-,26+/m0/s1.